The molecule has 0 bridgehead atoms. The number of aromatic nitrogens is 2. The molecule has 7 heteroatoms. The molecule has 2 heterocycles. The largest absolute Gasteiger partial charge is 0.352 e. The second-order valence-electron chi connectivity index (χ2n) is 6.41. The summed E-state index contributed by atoms with van der Waals surface area (Å²) in [6.07, 6.45) is 2.49. The molecule has 2 N–H and O–H groups in total. The summed E-state index contributed by atoms with van der Waals surface area (Å²) in [4.78, 5) is 24.6. The summed E-state index contributed by atoms with van der Waals surface area (Å²) in [7, 11) is 0. The van der Waals surface area contributed by atoms with Gasteiger partial charge in [0.15, 0.2) is 5.69 Å². The van der Waals surface area contributed by atoms with Crippen molar-refractivity contribution in [3.63, 3.8) is 0 Å². The molecule has 136 valence electrons. The van der Waals surface area contributed by atoms with Crippen LogP contribution >= 0.6 is 0 Å². The third-order valence-corrected chi connectivity index (χ3v) is 4.50. The van der Waals surface area contributed by atoms with E-state index in [1.165, 1.54) is 16.8 Å². The Morgan fingerprint density at radius 3 is 2.78 bits per heavy atom. The highest BCUT2D eigenvalue weighted by Gasteiger charge is 2.19. The molecule has 0 radical (unpaired) electrons. The van der Waals surface area contributed by atoms with Crippen LogP contribution in [0.1, 0.15) is 32.0 Å². The van der Waals surface area contributed by atoms with Crippen molar-refractivity contribution in [3.8, 4) is 5.69 Å². The number of benzene rings is 2. The van der Waals surface area contributed by atoms with Gasteiger partial charge in [0, 0.05) is 29.6 Å². The first-order valence-electron chi connectivity index (χ1n) is 8.56. The van der Waals surface area contributed by atoms with Crippen molar-refractivity contribution in [2.24, 2.45) is 0 Å². The molecule has 1 aromatic heterocycles. The number of hydrogen-bond donors (Lipinski definition) is 2. The molecule has 0 atom stereocenters. The van der Waals surface area contributed by atoms with E-state index in [1.54, 1.807) is 37.4 Å². The van der Waals surface area contributed by atoms with Crippen LogP contribution in [-0.4, -0.2) is 28.1 Å². The van der Waals surface area contributed by atoms with Crippen LogP contribution in [0.15, 0.2) is 48.7 Å². The van der Waals surface area contributed by atoms with Crippen LogP contribution in [0.25, 0.3) is 5.69 Å². The number of aryl methyl sites for hydroxylation is 1. The molecular formula is C20H17FN4O2. The van der Waals surface area contributed by atoms with E-state index in [2.05, 4.69) is 15.7 Å². The van der Waals surface area contributed by atoms with Crippen molar-refractivity contribution in [2.75, 3.05) is 11.9 Å². The van der Waals surface area contributed by atoms with Gasteiger partial charge in [-0.25, -0.2) is 9.07 Å². The van der Waals surface area contributed by atoms with Crippen molar-refractivity contribution in [3.05, 3.63) is 76.9 Å². The lowest BCUT2D eigenvalue weighted by molar-refractivity contribution is 0.0944. The summed E-state index contributed by atoms with van der Waals surface area (Å²) in [6, 6.07) is 11.2. The van der Waals surface area contributed by atoms with Gasteiger partial charge in [0.25, 0.3) is 11.8 Å². The number of nitrogens with one attached hydrogen (secondary N) is 2. The Morgan fingerprint density at radius 1 is 1.22 bits per heavy atom. The topological polar surface area (TPSA) is 76.0 Å². The average molecular weight is 364 g/mol. The molecule has 0 unspecified atom stereocenters. The minimum absolute atomic E-state index is 0.135. The maximum absolute atomic E-state index is 13.1. The Balaban J connectivity index is 1.58. The van der Waals surface area contributed by atoms with Gasteiger partial charge in [0.1, 0.15) is 5.82 Å². The third-order valence-electron chi connectivity index (χ3n) is 4.50. The highest BCUT2D eigenvalue weighted by molar-refractivity contribution is 6.05. The highest BCUT2D eigenvalue weighted by atomic mass is 19.1. The average Bonchev–Trinajstić information content (AvgIpc) is 3.05. The van der Waals surface area contributed by atoms with Crippen LogP contribution in [-0.2, 0) is 6.42 Å². The van der Waals surface area contributed by atoms with Gasteiger partial charge < -0.3 is 10.6 Å². The van der Waals surface area contributed by atoms with Gasteiger partial charge in [-0.3, -0.25) is 9.59 Å². The van der Waals surface area contributed by atoms with E-state index in [9.17, 15) is 14.0 Å². The lowest BCUT2D eigenvalue weighted by atomic mass is 10.00. The molecule has 2 amide bonds. The van der Waals surface area contributed by atoms with Crippen molar-refractivity contribution in [1.82, 2.24) is 15.1 Å². The summed E-state index contributed by atoms with van der Waals surface area (Å²) in [6.45, 7) is 2.40. The van der Waals surface area contributed by atoms with Crippen molar-refractivity contribution in [1.29, 1.82) is 0 Å². The molecule has 4 rings (SSSR count). The summed E-state index contributed by atoms with van der Waals surface area (Å²) in [5, 5.41) is 9.89. The molecule has 1 aliphatic heterocycles. The fraction of sp³-hybridized carbons (Fsp3) is 0.150. The predicted octanol–water partition coefficient (Wildman–Crippen LogP) is 2.86. The van der Waals surface area contributed by atoms with E-state index in [1.807, 2.05) is 6.07 Å². The number of nitrogens with zero attached hydrogens (tertiary/aromatic N) is 2. The van der Waals surface area contributed by atoms with Gasteiger partial charge in [-0.1, -0.05) is 6.07 Å². The molecule has 0 saturated carbocycles. The van der Waals surface area contributed by atoms with E-state index >= 15 is 0 Å². The number of fused-ring (bicyclic) bond motifs is 1. The number of carbonyl (C=O) groups excluding carboxylic acids is 2. The number of halogens is 1. The predicted molar refractivity (Wildman–Crippen MR) is 98.7 cm³/mol. The van der Waals surface area contributed by atoms with E-state index in [0.717, 1.165) is 12.0 Å². The van der Waals surface area contributed by atoms with Crippen molar-refractivity contribution < 1.29 is 14.0 Å². The number of anilines is 1. The molecule has 27 heavy (non-hydrogen) atoms. The zero-order valence-corrected chi connectivity index (χ0v) is 14.6. The first-order valence-corrected chi connectivity index (χ1v) is 8.56. The minimum atomic E-state index is -0.371. The summed E-state index contributed by atoms with van der Waals surface area (Å²) < 4.78 is 14.6. The standard InChI is InChI=1S/C20H17FN4O2/c1-12-11-25(16-6-3-14(21)4-7-16)24-18(12)20(27)23-15-5-2-13-8-9-22-19(26)17(13)10-15/h2-7,10-11H,8-9H2,1H3,(H,22,26)(H,23,27). The fourth-order valence-electron chi connectivity index (χ4n) is 3.09. The van der Waals surface area contributed by atoms with Crippen molar-refractivity contribution >= 4 is 17.5 Å². The number of carbonyl (C=O) groups is 2. The smallest absolute Gasteiger partial charge is 0.276 e. The molecule has 0 aliphatic carbocycles. The molecule has 6 nitrogen and oxygen atoms in total. The quantitative estimate of drug-likeness (QED) is 0.750. The van der Waals surface area contributed by atoms with E-state index in [0.29, 0.717) is 29.0 Å². The normalized spacial score (nSPS) is 13.0. The lowest BCUT2D eigenvalue weighted by Crippen LogP contribution is -2.31. The SMILES string of the molecule is Cc1cn(-c2ccc(F)cc2)nc1C(=O)Nc1ccc2c(c1)C(=O)NCC2. The molecule has 0 fully saturated rings. The van der Waals surface area contributed by atoms with Crippen LogP contribution in [0.4, 0.5) is 10.1 Å². The van der Waals surface area contributed by atoms with Gasteiger partial charge >= 0.3 is 0 Å². The van der Waals surface area contributed by atoms with Gasteiger partial charge in [0.05, 0.1) is 5.69 Å². The molecule has 0 saturated heterocycles. The second kappa shape index (κ2) is 6.68. The number of rotatable bonds is 3. The van der Waals surface area contributed by atoms with Crippen molar-refractivity contribution in [2.45, 2.75) is 13.3 Å². The minimum Gasteiger partial charge on any atom is -0.352 e. The fourth-order valence-corrected chi connectivity index (χ4v) is 3.09. The lowest BCUT2D eigenvalue weighted by Gasteiger charge is -2.17. The maximum atomic E-state index is 13.1. The first kappa shape index (κ1) is 17.0. The highest BCUT2D eigenvalue weighted by Crippen LogP contribution is 2.20. The Kier molecular flexibility index (Phi) is 4.19. The third kappa shape index (κ3) is 3.31. The van der Waals surface area contributed by atoms with E-state index in [-0.39, 0.29) is 23.3 Å². The van der Waals surface area contributed by atoms with Gasteiger partial charge in [-0.2, -0.15) is 5.10 Å². The molecule has 2 aromatic carbocycles. The Morgan fingerprint density at radius 2 is 2.00 bits per heavy atom. The van der Waals surface area contributed by atoms with Gasteiger partial charge in [-0.05, 0) is 55.3 Å². The number of hydrogen-bond acceptors (Lipinski definition) is 3. The Bertz CT molecular complexity index is 1040. The van der Waals surface area contributed by atoms with Crippen LogP contribution in [0.2, 0.25) is 0 Å². The molecular weight excluding hydrogens is 347 g/mol. The molecule has 1 aliphatic rings. The first-order chi connectivity index (χ1) is 13.0. The van der Waals surface area contributed by atoms with Crippen LogP contribution in [0.5, 0.6) is 0 Å². The molecule has 0 spiro atoms. The Hall–Kier alpha value is -3.48. The second-order valence-corrected chi connectivity index (χ2v) is 6.41. The zero-order chi connectivity index (χ0) is 19.0. The monoisotopic (exact) mass is 364 g/mol. The summed E-state index contributed by atoms with van der Waals surface area (Å²) in [5.41, 5.74) is 3.69. The molecule has 3 aromatic rings. The summed E-state index contributed by atoms with van der Waals surface area (Å²) >= 11 is 0. The van der Waals surface area contributed by atoms with Gasteiger partial charge in [0.2, 0.25) is 0 Å². The maximum Gasteiger partial charge on any atom is 0.276 e. The van der Waals surface area contributed by atoms with Crippen LogP contribution < -0.4 is 10.6 Å². The zero-order valence-electron chi connectivity index (χ0n) is 14.6. The van der Waals surface area contributed by atoms with Crippen LogP contribution in [0, 0.1) is 12.7 Å². The number of amides is 2. The van der Waals surface area contributed by atoms with Crippen LogP contribution in [0.3, 0.4) is 0 Å². The van der Waals surface area contributed by atoms with Gasteiger partial charge in [-0.15, -0.1) is 0 Å². The van der Waals surface area contributed by atoms with E-state index in [4.69, 9.17) is 0 Å². The van der Waals surface area contributed by atoms with E-state index < -0.39 is 0 Å². The Labute approximate surface area is 155 Å². The summed E-state index contributed by atoms with van der Waals surface area (Å²) in [5.74, 6) is -0.842.